The topological polar surface area (TPSA) is 44.4 Å². The van der Waals surface area contributed by atoms with Crippen LogP contribution in [0.15, 0.2) is 0 Å². The highest BCUT2D eigenvalue weighted by Crippen LogP contribution is 2.38. The molecule has 4 nitrogen and oxygen atoms in total. The summed E-state index contributed by atoms with van der Waals surface area (Å²) in [5, 5.41) is 6.55. The van der Waals surface area contributed by atoms with Gasteiger partial charge in [0.25, 0.3) is 0 Å². The predicted octanol–water partition coefficient (Wildman–Crippen LogP) is 3.52. The minimum absolute atomic E-state index is 0.0641. The fourth-order valence-electron chi connectivity index (χ4n) is 5.29. The highest BCUT2D eigenvalue weighted by atomic mass is 16.2. The number of nitrogens with zero attached hydrogens (tertiary/aromatic N) is 1. The van der Waals surface area contributed by atoms with Crippen LogP contribution in [0.25, 0.3) is 0 Å². The molecule has 132 valence electrons. The maximum atomic E-state index is 12.5. The monoisotopic (exact) mass is 321 g/mol. The van der Waals surface area contributed by atoms with Gasteiger partial charge < -0.3 is 15.5 Å². The number of carbonyl (C=O) groups excluding carboxylic acids is 1. The molecule has 0 aromatic carbocycles. The minimum atomic E-state index is 0.0641. The molecule has 2 amide bonds. The van der Waals surface area contributed by atoms with Gasteiger partial charge in [0.05, 0.1) is 0 Å². The normalized spacial score (nSPS) is 40.4. The zero-order valence-electron chi connectivity index (χ0n) is 15.4. The summed E-state index contributed by atoms with van der Waals surface area (Å²) in [6, 6.07) is 2.10. The maximum absolute atomic E-state index is 12.5. The largest absolute Gasteiger partial charge is 0.335 e. The molecule has 2 saturated heterocycles. The van der Waals surface area contributed by atoms with Crippen molar-refractivity contribution in [2.45, 2.75) is 96.3 Å². The molecule has 0 aromatic heterocycles. The van der Waals surface area contributed by atoms with Gasteiger partial charge in [0, 0.05) is 24.2 Å². The summed E-state index contributed by atoms with van der Waals surface area (Å²) in [7, 11) is 2.26. The molecule has 4 heteroatoms. The van der Waals surface area contributed by atoms with E-state index in [1.165, 1.54) is 32.1 Å². The number of rotatable bonds is 2. The third-order valence-corrected chi connectivity index (χ3v) is 6.69. The number of urea groups is 1. The lowest BCUT2D eigenvalue weighted by atomic mass is 9.70. The zero-order valence-corrected chi connectivity index (χ0v) is 15.4. The number of hydrogen-bond acceptors (Lipinski definition) is 2. The Morgan fingerprint density at radius 1 is 1.09 bits per heavy atom. The number of piperidine rings is 2. The zero-order chi connectivity index (χ0) is 16.6. The summed E-state index contributed by atoms with van der Waals surface area (Å²) in [5.74, 6) is 0.571. The summed E-state index contributed by atoms with van der Waals surface area (Å²) in [4.78, 5) is 15.0. The summed E-state index contributed by atoms with van der Waals surface area (Å²) in [6.45, 7) is 6.97. The molecule has 3 aliphatic rings. The lowest BCUT2D eigenvalue weighted by Gasteiger charge is -2.47. The Hall–Kier alpha value is -0.770. The Balaban J connectivity index is 1.48. The highest BCUT2D eigenvalue weighted by Gasteiger charge is 2.37. The summed E-state index contributed by atoms with van der Waals surface area (Å²) in [5.41, 5.74) is 0.430. The number of hydrogen-bond donors (Lipinski definition) is 2. The standard InChI is InChI=1S/C19H35N3O/c1-13-12-19(2,3)9-8-17(13)21-18(23)20-14-10-15-6-5-7-16(11-14)22(15)4/h13-17H,5-12H2,1-4H3,(H2,20,21,23)/t13-,14?,15-,16+,17-/m0/s1. The molecule has 1 saturated carbocycles. The van der Waals surface area contributed by atoms with Crippen molar-refractivity contribution in [2.75, 3.05) is 7.05 Å². The van der Waals surface area contributed by atoms with Crippen LogP contribution in [0.2, 0.25) is 0 Å². The molecule has 2 heterocycles. The molecule has 3 fully saturated rings. The van der Waals surface area contributed by atoms with Crippen LogP contribution in [-0.2, 0) is 0 Å². The van der Waals surface area contributed by atoms with Crippen molar-refractivity contribution in [3.8, 4) is 0 Å². The van der Waals surface area contributed by atoms with Crippen molar-refractivity contribution < 1.29 is 4.79 Å². The summed E-state index contributed by atoms with van der Waals surface area (Å²) >= 11 is 0. The second-order valence-corrected chi connectivity index (χ2v) is 9.18. The highest BCUT2D eigenvalue weighted by molar-refractivity contribution is 5.74. The van der Waals surface area contributed by atoms with Gasteiger partial charge in [-0.2, -0.15) is 0 Å². The second kappa shape index (κ2) is 6.62. The Morgan fingerprint density at radius 2 is 1.74 bits per heavy atom. The van der Waals surface area contributed by atoms with Crippen LogP contribution in [-0.4, -0.2) is 42.1 Å². The quantitative estimate of drug-likeness (QED) is 0.817. The molecule has 0 aromatic rings. The fraction of sp³-hybridized carbons (Fsp3) is 0.947. The number of fused-ring (bicyclic) bond motifs is 2. The summed E-state index contributed by atoms with van der Waals surface area (Å²) in [6.07, 6.45) is 9.70. The first kappa shape index (κ1) is 17.1. The van der Waals surface area contributed by atoms with Crippen LogP contribution in [0.4, 0.5) is 4.79 Å². The Kier molecular flexibility index (Phi) is 4.91. The first-order chi connectivity index (χ1) is 10.8. The van der Waals surface area contributed by atoms with Crippen molar-refractivity contribution in [3.05, 3.63) is 0 Å². The maximum Gasteiger partial charge on any atom is 0.315 e. The van der Waals surface area contributed by atoms with Crippen molar-refractivity contribution in [3.63, 3.8) is 0 Å². The molecule has 0 spiro atoms. The first-order valence-electron chi connectivity index (χ1n) is 9.63. The fourth-order valence-corrected chi connectivity index (χ4v) is 5.29. The smallest absolute Gasteiger partial charge is 0.315 e. The van der Waals surface area contributed by atoms with E-state index in [9.17, 15) is 4.79 Å². The van der Waals surface area contributed by atoms with Gasteiger partial charge in [-0.15, -0.1) is 0 Å². The van der Waals surface area contributed by atoms with E-state index in [1.807, 2.05) is 0 Å². The van der Waals surface area contributed by atoms with Gasteiger partial charge >= 0.3 is 6.03 Å². The molecule has 23 heavy (non-hydrogen) atoms. The average Bonchev–Trinajstić information content (AvgIpc) is 2.43. The van der Waals surface area contributed by atoms with Crippen LogP contribution in [0.5, 0.6) is 0 Å². The van der Waals surface area contributed by atoms with Crippen molar-refractivity contribution in [1.29, 1.82) is 0 Å². The van der Waals surface area contributed by atoms with Gasteiger partial charge in [-0.05, 0) is 63.3 Å². The van der Waals surface area contributed by atoms with Gasteiger partial charge in [0.2, 0.25) is 0 Å². The average molecular weight is 322 g/mol. The Labute approximate surface area is 141 Å². The third kappa shape index (κ3) is 4.01. The van der Waals surface area contributed by atoms with Crippen molar-refractivity contribution in [1.82, 2.24) is 15.5 Å². The number of nitrogens with one attached hydrogen (secondary N) is 2. The van der Waals surface area contributed by atoms with Gasteiger partial charge in [-0.25, -0.2) is 4.79 Å². The third-order valence-electron chi connectivity index (χ3n) is 6.69. The van der Waals surface area contributed by atoms with E-state index in [4.69, 9.17) is 0 Å². The van der Waals surface area contributed by atoms with Crippen LogP contribution >= 0.6 is 0 Å². The van der Waals surface area contributed by atoms with Crippen LogP contribution in [0, 0.1) is 11.3 Å². The molecule has 5 atom stereocenters. The number of carbonyl (C=O) groups is 1. The second-order valence-electron chi connectivity index (χ2n) is 9.18. The van der Waals surface area contributed by atoms with E-state index in [-0.39, 0.29) is 6.03 Å². The van der Waals surface area contributed by atoms with E-state index < -0.39 is 0 Å². The molecular formula is C19H35N3O. The van der Waals surface area contributed by atoms with E-state index >= 15 is 0 Å². The van der Waals surface area contributed by atoms with E-state index in [0.29, 0.717) is 35.5 Å². The lowest BCUT2D eigenvalue weighted by Crippen LogP contribution is -2.57. The molecule has 2 N–H and O–H groups in total. The molecular weight excluding hydrogens is 286 g/mol. The van der Waals surface area contributed by atoms with Crippen LogP contribution in [0.3, 0.4) is 0 Å². The van der Waals surface area contributed by atoms with E-state index in [1.54, 1.807) is 0 Å². The van der Waals surface area contributed by atoms with Gasteiger partial charge in [0.1, 0.15) is 0 Å². The molecule has 0 radical (unpaired) electrons. The molecule has 2 bridgehead atoms. The molecule has 2 aliphatic heterocycles. The molecule has 3 rings (SSSR count). The van der Waals surface area contributed by atoms with Crippen LogP contribution < -0.4 is 10.6 Å². The van der Waals surface area contributed by atoms with Crippen LogP contribution in [0.1, 0.15) is 72.1 Å². The van der Waals surface area contributed by atoms with E-state index in [0.717, 1.165) is 19.3 Å². The van der Waals surface area contributed by atoms with Gasteiger partial charge in [0.15, 0.2) is 0 Å². The predicted molar refractivity (Wildman–Crippen MR) is 94.5 cm³/mol. The van der Waals surface area contributed by atoms with Crippen molar-refractivity contribution >= 4 is 6.03 Å². The Morgan fingerprint density at radius 3 is 2.35 bits per heavy atom. The molecule has 1 aliphatic carbocycles. The van der Waals surface area contributed by atoms with Gasteiger partial charge in [-0.3, -0.25) is 0 Å². The number of amides is 2. The minimum Gasteiger partial charge on any atom is -0.335 e. The molecule has 1 unspecified atom stereocenters. The lowest BCUT2D eigenvalue weighted by molar-refractivity contribution is 0.0504. The van der Waals surface area contributed by atoms with E-state index in [2.05, 4.69) is 43.4 Å². The SMILES string of the molecule is C[C@H]1CC(C)(C)CC[C@@H]1NC(=O)NC1C[C@H]2CCC[C@@H](C1)N2C. The van der Waals surface area contributed by atoms with Crippen molar-refractivity contribution in [2.24, 2.45) is 11.3 Å². The Bertz CT molecular complexity index is 422. The summed E-state index contributed by atoms with van der Waals surface area (Å²) < 4.78 is 0. The van der Waals surface area contributed by atoms with Gasteiger partial charge in [-0.1, -0.05) is 27.2 Å². The first-order valence-corrected chi connectivity index (χ1v) is 9.63.